The van der Waals surface area contributed by atoms with Gasteiger partial charge in [0.15, 0.2) is 0 Å². The van der Waals surface area contributed by atoms with Gasteiger partial charge >= 0.3 is 5.97 Å². The number of esters is 1. The third-order valence-corrected chi connectivity index (χ3v) is 2.70. The van der Waals surface area contributed by atoms with Crippen molar-refractivity contribution in [2.45, 2.75) is 25.7 Å². The van der Waals surface area contributed by atoms with Gasteiger partial charge in [0.05, 0.1) is 6.61 Å². The lowest BCUT2D eigenvalue weighted by Gasteiger charge is -2.02. The molecular formula is C16H22O3. The van der Waals surface area contributed by atoms with E-state index in [1.807, 2.05) is 30.3 Å². The molecular weight excluding hydrogens is 240 g/mol. The first-order valence-electron chi connectivity index (χ1n) is 6.72. The normalized spacial score (nSPS) is 10.8. The molecule has 0 fully saturated rings. The first-order valence-corrected chi connectivity index (χ1v) is 6.72. The molecule has 1 rings (SSSR count). The standard InChI is InChI=1S/C16H22O3/c1-18-13-7-2-3-8-14-19-16(17)12-11-15-9-5-4-6-10-15/h4-6,9-12H,2-3,7-8,13-14H2,1H3. The van der Waals surface area contributed by atoms with Crippen LogP contribution in [0.2, 0.25) is 0 Å². The van der Waals surface area contributed by atoms with Crippen LogP contribution < -0.4 is 0 Å². The van der Waals surface area contributed by atoms with Gasteiger partial charge in [-0.15, -0.1) is 0 Å². The molecule has 0 aliphatic carbocycles. The summed E-state index contributed by atoms with van der Waals surface area (Å²) >= 11 is 0. The second kappa shape index (κ2) is 10.3. The summed E-state index contributed by atoms with van der Waals surface area (Å²) in [5.41, 5.74) is 0.999. The number of benzene rings is 1. The van der Waals surface area contributed by atoms with Gasteiger partial charge in [-0.05, 0) is 30.9 Å². The molecule has 0 spiro atoms. The molecule has 0 saturated carbocycles. The van der Waals surface area contributed by atoms with Crippen molar-refractivity contribution in [3.05, 3.63) is 42.0 Å². The smallest absolute Gasteiger partial charge is 0.330 e. The van der Waals surface area contributed by atoms with E-state index < -0.39 is 0 Å². The molecule has 1 aromatic rings. The Balaban J connectivity index is 2.07. The van der Waals surface area contributed by atoms with Crippen molar-refractivity contribution >= 4 is 12.0 Å². The zero-order valence-electron chi connectivity index (χ0n) is 11.5. The second-order valence-electron chi connectivity index (χ2n) is 4.32. The Labute approximate surface area is 115 Å². The molecule has 0 unspecified atom stereocenters. The molecule has 0 bridgehead atoms. The van der Waals surface area contributed by atoms with Crippen molar-refractivity contribution in [3.63, 3.8) is 0 Å². The van der Waals surface area contributed by atoms with Crippen LogP contribution in [0.3, 0.4) is 0 Å². The fourth-order valence-electron chi connectivity index (χ4n) is 1.65. The highest BCUT2D eigenvalue weighted by Crippen LogP contribution is 2.03. The number of hydrogen-bond acceptors (Lipinski definition) is 3. The summed E-state index contributed by atoms with van der Waals surface area (Å²) < 4.78 is 10.1. The van der Waals surface area contributed by atoms with Gasteiger partial charge in [-0.25, -0.2) is 4.79 Å². The van der Waals surface area contributed by atoms with Crippen LogP contribution in [0.1, 0.15) is 31.2 Å². The van der Waals surface area contributed by atoms with Gasteiger partial charge in [0.1, 0.15) is 0 Å². The molecule has 3 nitrogen and oxygen atoms in total. The Morgan fingerprint density at radius 2 is 1.74 bits per heavy atom. The molecule has 0 aliphatic rings. The van der Waals surface area contributed by atoms with Crippen LogP contribution in [-0.2, 0) is 14.3 Å². The first-order chi connectivity index (χ1) is 9.33. The van der Waals surface area contributed by atoms with E-state index in [-0.39, 0.29) is 5.97 Å². The average molecular weight is 262 g/mol. The maximum absolute atomic E-state index is 11.4. The quantitative estimate of drug-likeness (QED) is 0.388. The van der Waals surface area contributed by atoms with Crippen LogP contribution in [0.4, 0.5) is 0 Å². The molecule has 0 N–H and O–H groups in total. The SMILES string of the molecule is COCCCCCCOC(=O)C=Cc1ccccc1. The summed E-state index contributed by atoms with van der Waals surface area (Å²) in [5.74, 6) is -0.277. The molecule has 0 heterocycles. The van der Waals surface area contributed by atoms with E-state index in [0.29, 0.717) is 6.61 Å². The summed E-state index contributed by atoms with van der Waals surface area (Å²) in [7, 11) is 1.71. The van der Waals surface area contributed by atoms with E-state index in [2.05, 4.69) is 0 Å². The van der Waals surface area contributed by atoms with Crippen molar-refractivity contribution < 1.29 is 14.3 Å². The summed E-state index contributed by atoms with van der Waals surface area (Å²) in [4.78, 5) is 11.4. The third kappa shape index (κ3) is 8.16. The van der Waals surface area contributed by atoms with Gasteiger partial charge in [0.25, 0.3) is 0 Å². The Bertz CT molecular complexity index is 371. The number of unbranched alkanes of at least 4 members (excludes halogenated alkanes) is 3. The molecule has 19 heavy (non-hydrogen) atoms. The highest BCUT2D eigenvalue weighted by Gasteiger charge is 1.97. The van der Waals surface area contributed by atoms with E-state index in [0.717, 1.165) is 37.9 Å². The van der Waals surface area contributed by atoms with Crippen LogP contribution in [0.25, 0.3) is 6.08 Å². The number of carbonyl (C=O) groups is 1. The van der Waals surface area contributed by atoms with E-state index in [4.69, 9.17) is 9.47 Å². The Morgan fingerprint density at radius 1 is 1.05 bits per heavy atom. The minimum atomic E-state index is -0.277. The van der Waals surface area contributed by atoms with Gasteiger partial charge in [-0.1, -0.05) is 36.8 Å². The molecule has 3 heteroatoms. The molecule has 1 aromatic carbocycles. The summed E-state index contributed by atoms with van der Waals surface area (Å²) in [5, 5.41) is 0. The molecule has 0 radical (unpaired) electrons. The lowest BCUT2D eigenvalue weighted by atomic mass is 10.2. The van der Waals surface area contributed by atoms with Crippen LogP contribution >= 0.6 is 0 Å². The van der Waals surface area contributed by atoms with Crippen LogP contribution in [-0.4, -0.2) is 26.3 Å². The highest BCUT2D eigenvalue weighted by atomic mass is 16.5. The van der Waals surface area contributed by atoms with Crippen LogP contribution in [0.15, 0.2) is 36.4 Å². The Kier molecular flexibility index (Phi) is 8.39. The van der Waals surface area contributed by atoms with Crippen LogP contribution in [0, 0.1) is 0 Å². The predicted molar refractivity (Wildman–Crippen MR) is 76.8 cm³/mol. The number of hydrogen-bond donors (Lipinski definition) is 0. The van der Waals surface area contributed by atoms with Crippen molar-refractivity contribution in [1.29, 1.82) is 0 Å². The Hall–Kier alpha value is -1.61. The van der Waals surface area contributed by atoms with Gasteiger partial charge in [0.2, 0.25) is 0 Å². The fourth-order valence-corrected chi connectivity index (χ4v) is 1.65. The number of carbonyl (C=O) groups excluding carboxylic acids is 1. The molecule has 0 atom stereocenters. The number of methoxy groups -OCH3 is 1. The topological polar surface area (TPSA) is 35.5 Å². The van der Waals surface area contributed by atoms with Gasteiger partial charge in [-0.2, -0.15) is 0 Å². The highest BCUT2D eigenvalue weighted by molar-refractivity contribution is 5.86. The largest absolute Gasteiger partial charge is 0.463 e. The van der Waals surface area contributed by atoms with Crippen molar-refractivity contribution in [1.82, 2.24) is 0 Å². The minimum absolute atomic E-state index is 0.277. The van der Waals surface area contributed by atoms with Crippen LogP contribution in [0.5, 0.6) is 0 Å². The van der Waals surface area contributed by atoms with E-state index in [1.54, 1.807) is 13.2 Å². The predicted octanol–water partition coefficient (Wildman–Crippen LogP) is 3.45. The number of ether oxygens (including phenoxy) is 2. The lowest BCUT2D eigenvalue weighted by Crippen LogP contribution is -2.02. The zero-order chi connectivity index (χ0) is 13.8. The lowest BCUT2D eigenvalue weighted by molar-refractivity contribution is -0.137. The van der Waals surface area contributed by atoms with Crippen molar-refractivity contribution in [3.8, 4) is 0 Å². The number of rotatable bonds is 9. The summed E-state index contributed by atoms with van der Waals surface area (Å²) in [6, 6.07) is 9.70. The average Bonchev–Trinajstić information content (AvgIpc) is 2.45. The molecule has 104 valence electrons. The molecule has 0 aliphatic heterocycles. The second-order valence-corrected chi connectivity index (χ2v) is 4.32. The molecule has 0 saturated heterocycles. The maximum atomic E-state index is 11.4. The zero-order valence-corrected chi connectivity index (χ0v) is 11.5. The summed E-state index contributed by atoms with van der Waals surface area (Å²) in [6.45, 7) is 1.30. The first kappa shape index (κ1) is 15.4. The monoisotopic (exact) mass is 262 g/mol. The van der Waals surface area contributed by atoms with E-state index >= 15 is 0 Å². The maximum Gasteiger partial charge on any atom is 0.330 e. The van der Waals surface area contributed by atoms with Gasteiger partial charge < -0.3 is 9.47 Å². The van der Waals surface area contributed by atoms with Gasteiger partial charge in [-0.3, -0.25) is 0 Å². The summed E-state index contributed by atoms with van der Waals surface area (Å²) in [6.07, 6.45) is 7.40. The Morgan fingerprint density at radius 3 is 2.42 bits per heavy atom. The minimum Gasteiger partial charge on any atom is -0.463 e. The van der Waals surface area contributed by atoms with Gasteiger partial charge in [0, 0.05) is 19.8 Å². The van der Waals surface area contributed by atoms with E-state index in [1.165, 1.54) is 6.08 Å². The molecule has 0 amide bonds. The molecule has 0 aromatic heterocycles. The van der Waals surface area contributed by atoms with E-state index in [9.17, 15) is 4.79 Å². The van der Waals surface area contributed by atoms with Crippen molar-refractivity contribution in [2.24, 2.45) is 0 Å². The fraction of sp³-hybridized carbons (Fsp3) is 0.438. The third-order valence-electron chi connectivity index (χ3n) is 2.70. The van der Waals surface area contributed by atoms with Crippen molar-refractivity contribution in [2.75, 3.05) is 20.3 Å².